The molecule has 1 aliphatic heterocycles. The number of halogens is 1. The molecule has 1 saturated heterocycles. The number of benzene rings is 1. The number of carbonyl (C=O) groups is 2. The number of aromatic nitrogens is 1. The largest absolute Gasteiger partial charge is 0.350 e. The van der Waals surface area contributed by atoms with Crippen molar-refractivity contribution in [3.63, 3.8) is 0 Å². The van der Waals surface area contributed by atoms with Crippen molar-refractivity contribution in [2.24, 2.45) is 0 Å². The van der Waals surface area contributed by atoms with Gasteiger partial charge in [-0.2, -0.15) is 0 Å². The Morgan fingerprint density at radius 3 is 2.92 bits per heavy atom. The Hall–Kier alpha value is -2.40. The molecular formula is C19H20ClN3O2. The first-order valence-corrected chi connectivity index (χ1v) is 8.69. The summed E-state index contributed by atoms with van der Waals surface area (Å²) < 4.78 is 0. The Labute approximate surface area is 152 Å². The molecule has 130 valence electrons. The average Bonchev–Trinajstić information content (AvgIpc) is 3.12. The molecule has 5 nitrogen and oxygen atoms in total. The first-order valence-electron chi connectivity index (χ1n) is 8.31. The first-order chi connectivity index (χ1) is 12.1. The highest BCUT2D eigenvalue weighted by Crippen LogP contribution is 2.20. The van der Waals surface area contributed by atoms with Gasteiger partial charge in [-0.3, -0.25) is 14.6 Å². The lowest BCUT2D eigenvalue weighted by Crippen LogP contribution is -2.46. The third kappa shape index (κ3) is 3.99. The quantitative estimate of drug-likeness (QED) is 0.915. The van der Waals surface area contributed by atoms with Crippen molar-refractivity contribution in [1.82, 2.24) is 15.2 Å². The Balaban J connectivity index is 1.67. The smallest absolute Gasteiger partial charge is 0.273 e. The monoisotopic (exact) mass is 357 g/mol. The van der Waals surface area contributed by atoms with Crippen molar-refractivity contribution < 1.29 is 9.59 Å². The number of hydrogen-bond acceptors (Lipinski definition) is 3. The molecule has 2 amide bonds. The minimum absolute atomic E-state index is 0.138. The van der Waals surface area contributed by atoms with Gasteiger partial charge in [0.1, 0.15) is 11.7 Å². The lowest BCUT2D eigenvalue weighted by molar-refractivity contribution is -0.125. The van der Waals surface area contributed by atoms with Crippen LogP contribution in [0, 0.1) is 6.92 Å². The number of likely N-dealkylation sites (tertiary alicyclic amines) is 1. The molecule has 1 aromatic heterocycles. The van der Waals surface area contributed by atoms with Crippen LogP contribution in [0.4, 0.5) is 0 Å². The van der Waals surface area contributed by atoms with Gasteiger partial charge in [-0.25, -0.2) is 0 Å². The maximum Gasteiger partial charge on any atom is 0.273 e. The Bertz CT molecular complexity index is 779. The highest BCUT2D eigenvalue weighted by molar-refractivity contribution is 6.30. The van der Waals surface area contributed by atoms with E-state index in [0.29, 0.717) is 30.2 Å². The molecule has 1 N–H and O–H groups in total. The van der Waals surface area contributed by atoms with Crippen molar-refractivity contribution in [2.45, 2.75) is 32.4 Å². The summed E-state index contributed by atoms with van der Waals surface area (Å²) in [5.41, 5.74) is 2.41. The van der Waals surface area contributed by atoms with Crippen LogP contribution in [0.25, 0.3) is 0 Å². The fourth-order valence-corrected chi connectivity index (χ4v) is 3.24. The molecular weight excluding hydrogens is 338 g/mol. The summed E-state index contributed by atoms with van der Waals surface area (Å²) in [4.78, 5) is 30.9. The molecule has 0 bridgehead atoms. The number of nitrogens with zero attached hydrogens (tertiary/aromatic N) is 2. The minimum atomic E-state index is -0.450. The van der Waals surface area contributed by atoms with E-state index in [2.05, 4.69) is 10.3 Å². The van der Waals surface area contributed by atoms with Crippen molar-refractivity contribution in [3.05, 3.63) is 64.4 Å². The van der Waals surface area contributed by atoms with E-state index in [0.717, 1.165) is 17.5 Å². The fraction of sp³-hybridized carbons (Fsp3) is 0.316. The van der Waals surface area contributed by atoms with E-state index in [9.17, 15) is 9.59 Å². The molecule has 1 aliphatic rings. The van der Waals surface area contributed by atoms with Crippen LogP contribution < -0.4 is 5.32 Å². The Kier molecular flexibility index (Phi) is 5.34. The van der Waals surface area contributed by atoms with Gasteiger partial charge >= 0.3 is 0 Å². The third-order valence-electron chi connectivity index (χ3n) is 4.46. The zero-order valence-electron chi connectivity index (χ0n) is 14.0. The number of pyridine rings is 1. The highest BCUT2D eigenvalue weighted by Gasteiger charge is 2.34. The maximum absolute atomic E-state index is 12.6. The topological polar surface area (TPSA) is 62.3 Å². The predicted octanol–water partition coefficient (Wildman–Crippen LogP) is 2.96. The summed E-state index contributed by atoms with van der Waals surface area (Å²) in [6, 6.07) is 10.4. The molecule has 3 rings (SSSR count). The van der Waals surface area contributed by atoms with E-state index < -0.39 is 6.04 Å². The van der Waals surface area contributed by atoms with Crippen molar-refractivity contribution in [1.29, 1.82) is 0 Å². The second kappa shape index (κ2) is 7.66. The van der Waals surface area contributed by atoms with Gasteiger partial charge in [0.05, 0.1) is 0 Å². The second-order valence-electron chi connectivity index (χ2n) is 6.16. The Morgan fingerprint density at radius 1 is 1.32 bits per heavy atom. The average molecular weight is 358 g/mol. The van der Waals surface area contributed by atoms with E-state index in [-0.39, 0.29) is 11.8 Å². The summed E-state index contributed by atoms with van der Waals surface area (Å²) in [5, 5.41) is 3.57. The number of rotatable bonds is 4. The summed E-state index contributed by atoms with van der Waals surface area (Å²) in [7, 11) is 0. The van der Waals surface area contributed by atoms with Crippen LogP contribution in [0.2, 0.25) is 5.02 Å². The molecule has 0 aliphatic carbocycles. The molecule has 1 aromatic carbocycles. The van der Waals surface area contributed by atoms with Gasteiger partial charge in [0.2, 0.25) is 5.91 Å². The standard InChI is InChI=1S/C19H20ClN3O2/c1-13-7-8-15(20)11-14(13)12-22-18(24)17-6-4-10-23(17)19(25)16-5-2-3-9-21-16/h2-3,5,7-9,11,17H,4,6,10,12H2,1H3,(H,22,24)/t17-/m0/s1. The van der Waals surface area contributed by atoms with Crippen molar-refractivity contribution in [2.75, 3.05) is 6.54 Å². The molecule has 0 unspecified atom stereocenters. The van der Waals surface area contributed by atoms with E-state index in [1.54, 1.807) is 29.3 Å². The number of carbonyl (C=O) groups excluding carboxylic acids is 2. The highest BCUT2D eigenvalue weighted by atomic mass is 35.5. The number of aryl methyl sites for hydroxylation is 1. The van der Waals surface area contributed by atoms with Crippen LogP contribution in [-0.2, 0) is 11.3 Å². The van der Waals surface area contributed by atoms with Gasteiger partial charge in [-0.15, -0.1) is 0 Å². The number of nitrogens with one attached hydrogen (secondary N) is 1. The number of amides is 2. The van der Waals surface area contributed by atoms with E-state index in [4.69, 9.17) is 11.6 Å². The van der Waals surface area contributed by atoms with Crippen LogP contribution in [-0.4, -0.2) is 34.3 Å². The molecule has 1 atom stereocenters. The SMILES string of the molecule is Cc1ccc(Cl)cc1CNC(=O)[C@@H]1CCCN1C(=O)c1ccccn1. The molecule has 2 heterocycles. The zero-order chi connectivity index (χ0) is 17.8. The minimum Gasteiger partial charge on any atom is -0.350 e. The molecule has 6 heteroatoms. The van der Waals surface area contributed by atoms with Crippen LogP contribution >= 0.6 is 11.6 Å². The molecule has 25 heavy (non-hydrogen) atoms. The lowest BCUT2D eigenvalue weighted by atomic mass is 10.1. The molecule has 2 aromatic rings. The predicted molar refractivity (Wildman–Crippen MR) is 96.3 cm³/mol. The van der Waals surface area contributed by atoms with Crippen LogP contribution in [0.15, 0.2) is 42.6 Å². The molecule has 0 radical (unpaired) electrons. The zero-order valence-corrected chi connectivity index (χ0v) is 14.8. The summed E-state index contributed by atoms with van der Waals surface area (Å²) in [5.74, 6) is -0.335. The van der Waals surface area contributed by atoms with Gasteiger partial charge in [-0.05, 0) is 55.2 Å². The number of hydrogen-bond donors (Lipinski definition) is 1. The van der Waals surface area contributed by atoms with Gasteiger partial charge in [0.25, 0.3) is 5.91 Å². The summed E-state index contributed by atoms with van der Waals surface area (Å²) >= 11 is 6.02. The van der Waals surface area contributed by atoms with E-state index in [1.165, 1.54) is 0 Å². The summed E-state index contributed by atoms with van der Waals surface area (Å²) in [6.45, 7) is 2.95. The normalized spacial score (nSPS) is 16.7. The third-order valence-corrected chi connectivity index (χ3v) is 4.70. The second-order valence-corrected chi connectivity index (χ2v) is 6.60. The van der Waals surface area contributed by atoms with Gasteiger partial charge in [0, 0.05) is 24.3 Å². The maximum atomic E-state index is 12.6. The van der Waals surface area contributed by atoms with Gasteiger partial charge in [-0.1, -0.05) is 23.7 Å². The molecule has 0 saturated carbocycles. The van der Waals surface area contributed by atoms with Crippen LogP contribution in [0.5, 0.6) is 0 Å². The van der Waals surface area contributed by atoms with Gasteiger partial charge < -0.3 is 10.2 Å². The Morgan fingerprint density at radius 2 is 2.16 bits per heavy atom. The van der Waals surface area contributed by atoms with Gasteiger partial charge in [0.15, 0.2) is 0 Å². The van der Waals surface area contributed by atoms with E-state index >= 15 is 0 Å². The van der Waals surface area contributed by atoms with E-state index in [1.807, 2.05) is 25.1 Å². The molecule has 0 spiro atoms. The first kappa shape index (κ1) is 17.4. The van der Waals surface area contributed by atoms with Crippen molar-refractivity contribution >= 4 is 23.4 Å². The molecule has 1 fully saturated rings. The summed E-state index contributed by atoms with van der Waals surface area (Å²) in [6.07, 6.45) is 3.06. The fourth-order valence-electron chi connectivity index (χ4n) is 3.05. The lowest BCUT2D eigenvalue weighted by Gasteiger charge is -2.23. The van der Waals surface area contributed by atoms with Crippen LogP contribution in [0.1, 0.15) is 34.5 Å². The van der Waals surface area contributed by atoms with Crippen molar-refractivity contribution in [3.8, 4) is 0 Å². The van der Waals surface area contributed by atoms with Crippen LogP contribution in [0.3, 0.4) is 0 Å².